The molecule has 112 valence electrons. The molecule has 0 bridgehead atoms. The molecule has 0 spiro atoms. The van der Waals surface area contributed by atoms with Gasteiger partial charge in [0.1, 0.15) is 22.8 Å². The van der Waals surface area contributed by atoms with Crippen LogP contribution in [-0.2, 0) is 14.3 Å². The van der Waals surface area contributed by atoms with Crippen LogP contribution in [0.3, 0.4) is 0 Å². The fraction of sp³-hybridized carbons (Fsp3) is 0.364. The van der Waals surface area contributed by atoms with Gasteiger partial charge in [0.05, 0.1) is 12.3 Å². The van der Waals surface area contributed by atoms with Crippen LogP contribution in [0.5, 0.6) is 0 Å². The van der Waals surface area contributed by atoms with Crippen molar-refractivity contribution in [3.63, 3.8) is 0 Å². The number of aliphatic carboxylic acids is 1. The molecule has 0 radical (unpaired) electrons. The number of thioether (sulfide) groups is 1. The zero-order chi connectivity index (χ0) is 15.2. The number of imidazole rings is 1. The van der Waals surface area contributed by atoms with Gasteiger partial charge in [0.2, 0.25) is 0 Å². The summed E-state index contributed by atoms with van der Waals surface area (Å²) < 4.78 is 4.96. The number of hydrogen-bond acceptors (Lipinski definition) is 9. The summed E-state index contributed by atoms with van der Waals surface area (Å²) >= 11 is 1.20. The van der Waals surface area contributed by atoms with Gasteiger partial charge in [0.15, 0.2) is 5.65 Å². The summed E-state index contributed by atoms with van der Waals surface area (Å²) in [7, 11) is 0. The van der Waals surface area contributed by atoms with E-state index in [1.54, 1.807) is 0 Å². The van der Waals surface area contributed by atoms with Crippen molar-refractivity contribution >= 4 is 34.9 Å². The third kappa shape index (κ3) is 4.13. The Morgan fingerprint density at radius 3 is 3.00 bits per heavy atom. The van der Waals surface area contributed by atoms with Crippen molar-refractivity contribution in [2.24, 2.45) is 5.73 Å². The normalized spacial score (nSPS) is 12.2. The van der Waals surface area contributed by atoms with Crippen LogP contribution >= 0.6 is 11.8 Å². The molecule has 1 atom stereocenters. The second-order valence-electron chi connectivity index (χ2n) is 4.02. The Morgan fingerprint density at radius 1 is 1.43 bits per heavy atom. The molecule has 0 saturated heterocycles. The second kappa shape index (κ2) is 6.99. The monoisotopic (exact) mass is 310 g/mol. The Bertz CT molecular complexity index is 646. The summed E-state index contributed by atoms with van der Waals surface area (Å²) in [5.74, 6) is -1.88. The van der Waals surface area contributed by atoms with Gasteiger partial charge in [-0.1, -0.05) is 11.8 Å². The minimum absolute atomic E-state index is 0.0237. The van der Waals surface area contributed by atoms with E-state index in [0.717, 1.165) is 0 Å². The van der Waals surface area contributed by atoms with E-state index in [2.05, 4.69) is 19.9 Å². The number of nitrogens with one attached hydrogen (secondary N) is 1. The molecular formula is C11H12N5O4S-. The highest BCUT2D eigenvalue weighted by atomic mass is 32.2. The fourth-order valence-electron chi connectivity index (χ4n) is 1.47. The highest BCUT2D eigenvalue weighted by molar-refractivity contribution is 7.99. The van der Waals surface area contributed by atoms with Crippen molar-refractivity contribution in [3.05, 3.63) is 12.7 Å². The van der Waals surface area contributed by atoms with Crippen molar-refractivity contribution in [1.29, 1.82) is 0 Å². The number of rotatable bonds is 7. The van der Waals surface area contributed by atoms with Gasteiger partial charge in [-0.05, 0) is 6.42 Å². The molecule has 9 nitrogen and oxygen atoms in total. The standard InChI is InChI=1S/C11H13N5O4S/c12-6(11(18)19)1-2-7(17)20-5-21-10-8-9(14-3-13-8)15-4-16-10/h3-4,6H,1-2,5,12H2,(H,18,19)(H,13,14,15,16)/p-1/t6-/m0/s1. The lowest BCUT2D eigenvalue weighted by atomic mass is 10.2. The number of aromatic nitrogens is 4. The number of aromatic amines is 1. The van der Waals surface area contributed by atoms with Crippen LogP contribution in [-0.4, -0.2) is 43.9 Å². The van der Waals surface area contributed by atoms with E-state index in [1.165, 1.54) is 24.4 Å². The quantitative estimate of drug-likeness (QED) is 0.278. The number of nitrogens with zero attached hydrogens (tertiary/aromatic N) is 3. The van der Waals surface area contributed by atoms with Gasteiger partial charge in [-0.2, -0.15) is 0 Å². The molecule has 10 heteroatoms. The maximum absolute atomic E-state index is 11.4. The number of carbonyl (C=O) groups excluding carboxylic acids is 2. The molecule has 0 aromatic carbocycles. The first-order chi connectivity index (χ1) is 10.1. The van der Waals surface area contributed by atoms with Gasteiger partial charge in [0, 0.05) is 12.5 Å². The SMILES string of the molecule is N[C@@H](CCC(=O)OCSc1ncnc2nc[nH]c12)C(=O)[O-]. The predicted molar refractivity (Wildman–Crippen MR) is 70.7 cm³/mol. The lowest BCUT2D eigenvalue weighted by molar-refractivity contribution is -0.307. The van der Waals surface area contributed by atoms with E-state index >= 15 is 0 Å². The van der Waals surface area contributed by atoms with Crippen molar-refractivity contribution in [1.82, 2.24) is 19.9 Å². The Morgan fingerprint density at radius 2 is 2.24 bits per heavy atom. The molecular weight excluding hydrogens is 298 g/mol. The van der Waals surface area contributed by atoms with Crippen molar-refractivity contribution in [3.8, 4) is 0 Å². The molecule has 2 heterocycles. The number of carboxylic acid groups (broad SMARTS) is 1. The van der Waals surface area contributed by atoms with Gasteiger partial charge >= 0.3 is 5.97 Å². The summed E-state index contributed by atoms with van der Waals surface area (Å²) in [6.07, 6.45) is 2.76. The van der Waals surface area contributed by atoms with Crippen LogP contribution in [0.25, 0.3) is 11.2 Å². The number of ether oxygens (including phenoxy) is 1. The fourth-order valence-corrected chi connectivity index (χ4v) is 2.18. The van der Waals surface area contributed by atoms with Crippen LogP contribution < -0.4 is 10.8 Å². The topological polar surface area (TPSA) is 147 Å². The van der Waals surface area contributed by atoms with E-state index in [4.69, 9.17) is 10.5 Å². The molecule has 0 fully saturated rings. The maximum Gasteiger partial charge on any atom is 0.306 e. The van der Waals surface area contributed by atoms with E-state index < -0.39 is 18.0 Å². The van der Waals surface area contributed by atoms with Crippen LogP contribution in [0.2, 0.25) is 0 Å². The molecule has 0 saturated carbocycles. The van der Waals surface area contributed by atoms with Crippen molar-refractivity contribution in [2.75, 3.05) is 5.94 Å². The summed E-state index contributed by atoms with van der Waals surface area (Å²) in [6.45, 7) is 0. The zero-order valence-electron chi connectivity index (χ0n) is 10.8. The third-order valence-electron chi connectivity index (χ3n) is 2.57. The number of carboxylic acids is 1. The molecule has 21 heavy (non-hydrogen) atoms. The molecule has 0 aliphatic carbocycles. The molecule has 2 aromatic heterocycles. The number of carbonyl (C=O) groups is 2. The second-order valence-corrected chi connectivity index (χ2v) is 4.93. The Kier molecular flexibility index (Phi) is 5.06. The van der Waals surface area contributed by atoms with Gasteiger partial charge in [-0.3, -0.25) is 4.79 Å². The van der Waals surface area contributed by atoms with Gasteiger partial charge in [0.25, 0.3) is 0 Å². The highest BCUT2D eigenvalue weighted by Gasteiger charge is 2.10. The van der Waals surface area contributed by atoms with Crippen LogP contribution in [0.4, 0.5) is 0 Å². The van der Waals surface area contributed by atoms with E-state index in [9.17, 15) is 14.7 Å². The summed E-state index contributed by atoms with van der Waals surface area (Å²) in [5.41, 5.74) is 6.42. The van der Waals surface area contributed by atoms with Crippen LogP contribution in [0.15, 0.2) is 17.7 Å². The highest BCUT2D eigenvalue weighted by Crippen LogP contribution is 2.21. The number of esters is 1. The minimum Gasteiger partial charge on any atom is -0.548 e. The molecule has 2 aromatic rings. The lowest BCUT2D eigenvalue weighted by Gasteiger charge is -2.11. The first kappa shape index (κ1) is 15.2. The number of hydrogen-bond donors (Lipinski definition) is 2. The molecule has 0 aliphatic heterocycles. The average Bonchev–Trinajstić information content (AvgIpc) is 2.94. The van der Waals surface area contributed by atoms with Crippen LogP contribution in [0, 0.1) is 0 Å². The molecule has 0 unspecified atom stereocenters. The number of nitrogens with two attached hydrogens (primary N) is 1. The largest absolute Gasteiger partial charge is 0.548 e. The van der Waals surface area contributed by atoms with Gasteiger partial charge < -0.3 is 25.4 Å². The average molecular weight is 310 g/mol. The molecule has 0 aliphatic rings. The van der Waals surface area contributed by atoms with Crippen molar-refractivity contribution in [2.45, 2.75) is 23.9 Å². The van der Waals surface area contributed by atoms with E-state index in [0.29, 0.717) is 16.2 Å². The first-order valence-electron chi connectivity index (χ1n) is 5.97. The lowest BCUT2D eigenvalue weighted by Crippen LogP contribution is -2.42. The first-order valence-corrected chi connectivity index (χ1v) is 6.95. The Labute approximate surface area is 123 Å². The summed E-state index contributed by atoms with van der Waals surface area (Å²) in [5, 5.41) is 11.0. The van der Waals surface area contributed by atoms with Gasteiger partial charge in [-0.25, -0.2) is 15.0 Å². The zero-order valence-corrected chi connectivity index (χ0v) is 11.6. The van der Waals surface area contributed by atoms with E-state index in [-0.39, 0.29) is 18.8 Å². The Balaban J connectivity index is 1.78. The van der Waals surface area contributed by atoms with Crippen LogP contribution in [0.1, 0.15) is 12.8 Å². The number of H-pyrrole nitrogens is 1. The van der Waals surface area contributed by atoms with Gasteiger partial charge in [-0.15, -0.1) is 0 Å². The predicted octanol–water partition coefficient (Wildman–Crippen LogP) is -1.20. The summed E-state index contributed by atoms with van der Waals surface area (Å²) in [6, 6.07) is -1.17. The van der Waals surface area contributed by atoms with Crippen molar-refractivity contribution < 1.29 is 19.4 Å². The number of fused-ring (bicyclic) bond motifs is 1. The third-order valence-corrected chi connectivity index (χ3v) is 3.38. The maximum atomic E-state index is 11.4. The smallest absolute Gasteiger partial charge is 0.306 e. The molecule has 0 amide bonds. The minimum atomic E-state index is -1.39. The molecule has 3 N–H and O–H groups in total. The van der Waals surface area contributed by atoms with E-state index in [1.807, 2.05) is 0 Å². The molecule has 2 rings (SSSR count). The Hall–Kier alpha value is -2.20. The summed E-state index contributed by atoms with van der Waals surface area (Å²) in [4.78, 5) is 36.7.